The molecule has 2 atom stereocenters. The van der Waals surface area contributed by atoms with Crippen molar-refractivity contribution in [2.75, 3.05) is 11.9 Å². The number of nitrogens with zero attached hydrogens (tertiary/aromatic N) is 5. The first-order chi connectivity index (χ1) is 19.6. The molecule has 4 aromatic rings. The van der Waals surface area contributed by atoms with Gasteiger partial charge in [-0.3, -0.25) is 19.4 Å². The molecule has 1 saturated carbocycles. The lowest BCUT2D eigenvalue weighted by Gasteiger charge is -2.38. The number of aryl methyl sites for hydroxylation is 2. The van der Waals surface area contributed by atoms with Gasteiger partial charge in [0.2, 0.25) is 5.91 Å². The summed E-state index contributed by atoms with van der Waals surface area (Å²) in [6, 6.07) is 2.39. The van der Waals surface area contributed by atoms with Gasteiger partial charge in [-0.25, -0.2) is 13.5 Å². The highest BCUT2D eigenvalue weighted by atomic mass is 19.2. The highest BCUT2D eigenvalue weighted by Crippen LogP contribution is 2.61. The highest BCUT2D eigenvalue weighted by molar-refractivity contribution is 6.01. The topological polar surface area (TPSA) is 132 Å². The molecule has 2 amide bonds. The summed E-state index contributed by atoms with van der Waals surface area (Å²) in [5.74, 6) is -3.65. The van der Waals surface area contributed by atoms with Crippen LogP contribution in [-0.4, -0.2) is 54.2 Å². The number of fused-ring (bicyclic) bond motifs is 1. The molecule has 1 unspecified atom stereocenters. The van der Waals surface area contributed by atoms with Crippen molar-refractivity contribution in [2.45, 2.75) is 58.5 Å². The van der Waals surface area contributed by atoms with Crippen molar-refractivity contribution in [3.05, 3.63) is 71.1 Å². The Morgan fingerprint density at radius 3 is 2.61 bits per heavy atom. The fourth-order valence-electron chi connectivity index (χ4n) is 5.74. The monoisotopic (exact) mass is 564 g/mol. The minimum atomic E-state index is -1.14. The average molecular weight is 565 g/mol. The van der Waals surface area contributed by atoms with Crippen LogP contribution < -0.4 is 15.4 Å². The quantitative estimate of drug-likeness (QED) is 0.311. The molecule has 4 heterocycles. The van der Waals surface area contributed by atoms with Crippen molar-refractivity contribution in [2.24, 2.45) is 5.41 Å². The number of H-pyrrole nitrogens is 1. The molecular formula is C28H30F2N8O3. The largest absolute Gasteiger partial charge is 0.493 e. The van der Waals surface area contributed by atoms with Gasteiger partial charge >= 0.3 is 0 Å². The van der Waals surface area contributed by atoms with E-state index in [0.717, 1.165) is 29.2 Å². The molecule has 1 aromatic carbocycles. The standard InChI is InChI=1S/C28H30F2N8O3/c1-14(2)38-21(5-8-31-38)26(39)34-24(23-18-9-19(29)20(30)10-22(18)41-13-28(23)6-7-28)27(40)33-17-11-32-37(12-17)25-15(3)35-36-16(25)4/h5,8-12,14,23-24H,6-7,13H2,1-4H3,(H,33,40)(H,34,39)(H,35,36)/t23?,24-/m0/s1. The molecule has 1 fully saturated rings. The molecule has 13 heteroatoms. The number of aromatic nitrogens is 6. The van der Waals surface area contributed by atoms with E-state index in [-0.39, 0.29) is 24.1 Å². The molecule has 0 saturated heterocycles. The van der Waals surface area contributed by atoms with Gasteiger partial charge in [0.05, 0.1) is 36.1 Å². The van der Waals surface area contributed by atoms with Gasteiger partial charge < -0.3 is 15.4 Å². The number of halogens is 2. The van der Waals surface area contributed by atoms with Crippen LogP contribution in [0.2, 0.25) is 0 Å². The Morgan fingerprint density at radius 2 is 1.93 bits per heavy atom. The number of ether oxygens (including phenoxy) is 1. The van der Waals surface area contributed by atoms with E-state index in [1.54, 1.807) is 21.6 Å². The van der Waals surface area contributed by atoms with E-state index in [4.69, 9.17) is 4.74 Å². The minimum Gasteiger partial charge on any atom is -0.493 e. The number of rotatable bonds is 7. The zero-order chi connectivity index (χ0) is 29.1. The first-order valence-corrected chi connectivity index (χ1v) is 13.4. The third kappa shape index (κ3) is 4.64. The second kappa shape index (κ2) is 9.82. The molecule has 1 aliphatic carbocycles. The fraction of sp³-hybridized carbons (Fsp3) is 0.393. The number of carbonyl (C=O) groups excluding carboxylic acids is 2. The zero-order valence-corrected chi connectivity index (χ0v) is 23.0. The fourth-order valence-corrected chi connectivity index (χ4v) is 5.74. The molecular weight excluding hydrogens is 534 g/mol. The van der Waals surface area contributed by atoms with Crippen molar-refractivity contribution in [3.63, 3.8) is 0 Å². The maximum atomic E-state index is 14.5. The zero-order valence-electron chi connectivity index (χ0n) is 23.0. The number of nitrogens with one attached hydrogen (secondary N) is 3. The smallest absolute Gasteiger partial charge is 0.270 e. The lowest BCUT2D eigenvalue weighted by molar-refractivity contribution is -0.119. The Kier molecular flexibility index (Phi) is 6.39. The molecule has 1 spiro atoms. The van der Waals surface area contributed by atoms with E-state index in [1.165, 1.54) is 12.4 Å². The summed E-state index contributed by atoms with van der Waals surface area (Å²) in [6.07, 6.45) is 6.07. The number of carbonyl (C=O) groups is 2. The normalized spacial score (nSPS) is 17.7. The summed E-state index contributed by atoms with van der Waals surface area (Å²) in [7, 11) is 0. The van der Waals surface area contributed by atoms with Crippen LogP contribution in [0.25, 0.3) is 5.69 Å². The molecule has 214 valence electrons. The maximum absolute atomic E-state index is 14.5. The van der Waals surface area contributed by atoms with Crippen LogP contribution in [0.5, 0.6) is 5.75 Å². The molecule has 41 heavy (non-hydrogen) atoms. The number of hydrogen-bond donors (Lipinski definition) is 3. The summed E-state index contributed by atoms with van der Waals surface area (Å²) in [5.41, 5.74) is 2.79. The van der Waals surface area contributed by atoms with Gasteiger partial charge in [0.1, 0.15) is 23.2 Å². The second-order valence-electron chi connectivity index (χ2n) is 11.1. The summed E-state index contributed by atoms with van der Waals surface area (Å²) in [5, 5.41) is 21.5. The summed E-state index contributed by atoms with van der Waals surface area (Å²) in [4.78, 5) is 27.6. The van der Waals surface area contributed by atoms with E-state index < -0.39 is 40.8 Å². The van der Waals surface area contributed by atoms with Gasteiger partial charge in [0.25, 0.3) is 5.91 Å². The van der Waals surface area contributed by atoms with Crippen LogP contribution in [0.1, 0.15) is 66.1 Å². The van der Waals surface area contributed by atoms with Crippen molar-refractivity contribution < 1.29 is 23.1 Å². The average Bonchev–Trinajstić information content (AvgIpc) is 3.25. The minimum absolute atomic E-state index is 0.102. The van der Waals surface area contributed by atoms with Gasteiger partial charge in [-0.15, -0.1) is 0 Å². The Morgan fingerprint density at radius 1 is 1.17 bits per heavy atom. The SMILES string of the molecule is Cc1n[nH]c(C)c1-n1cc(NC(=O)[C@@H](NC(=O)c2ccnn2C(C)C)C2c3cc(F)c(F)cc3OCC23CC3)cn1. The molecule has 0 radical (unpaired) electrons. The van der Waals surface area contributed by atoms with Crippen molar-refractivity contribution in [1.29, 1.82) is 0 Å². The molecule has 3 N–H and O–H groups in total. The van der Waals surface area contributed by atoms with Crippen LogP contribution in [0.15, 0.2) is 36.8 Å². The van der Waals surface area contributed by atoms with E-state index in [2.05, 4.69) is 31.0 Å². The molecule has 2 aliphatic rings. The van der Waals surface area contributed by atoms with Gasteiger partial charge in [-0.2, -0.15) is 15.3 Å². The van der Waals surface area contributed by atoms with Gasteiger partial charge in [-0.05, 0) is 52.7 Å². The Bertz CT molecular complexity index is 1630. The maximum Gasteiger partial charge on any atom is 0.270 e. The third-order valence-electron chi connectivity index (χ3n) is 7.92. The van der Waals surface area contributed by atoms with Crippen molar-refractivity contribution in [1.82, 2.24) is 35.1 Å². The third-order valence-corrected chi connectivity index (χ3v) is 7.92. The van der Waals surface area contributed by atoms with Gasteiger partial charge in [-0.1, -0.05) is 0 Å². The summed E-state index contributed by atoms with van der Waals surface area (Å²) < 4.78 is 37.7. The van der Waals surface area contributed by atoms with Crippen molar-refractivity contribution in [3.8, 4) is 11.4 Å². The summed E-state index contributed by atoms with van der Waals surface area (Å²) >= 11 is 0. The number of aromatic amines is 1. The number of anilines is 1. The van der Waals surface area contributed by atoms with E-state index >= 15 is 0 Å². The molecule has 6 rings (SSSR count). The Hall–Kier alpha value is -4.55. The predicted molar refractivity (Wildman–Crippen MR) is 144 cm³/mol. The van der Waals surface area contributed by atoms with Crippen molar-refractivity contribution >= 4 is 17.5 Å². The lowest BCUT2D eigenvalue weighted by atomic mass is 9.75. The molecule has 1 aliphatic heterocycles. The number of benzene rings is 1. The van der Waals surface area contributed by atoms with Crippen LogP contribution in [0, 0.1) is 30.9 Å². The first-order valence-electron chi connectivity index (χ1n) is 13.4. The number of amides is 2. The first kappa shape index (κ1) is 26.7. The molecule has 3 aromatic heterocycles. The van der Waals surface area contributed by atoms with E-state index in [9.17, 15) is 18.4 Å². The molecule has 11 nitrogen and oxygen atoms in total. The van der Waals surface area contributed by atoms with E-state index in [1.807, 2.05) is 27.7 Å². The molecule has 0 bridgehead atoms. The van der Waals surface area contributed by atoms with Crippen LogP contribution >= 0.6 is 0 Å². The van der Waals surface area contributed by atoms with Crippen LogP contribution in [-0.2, 0) is 4.79 Å². The summed E-state index contributed by atoms with van der Waals surface area (Å²) in [6.45, 7) is 7.70. The number of hydrogen-bond acceptors (Lipinski definition) is 6. The Balaban J connectivity index is 1.38. The second-order valence-corrected chi connectivity index (χ2v) is 11.1. The lowest BCUT2D eigenvalue weighted by Crippen LogP contribution is -2.52. The van der Waals surface area contributed by atoms with Gasteiger partial charge in [0, 0.05) is 35.2 Å². The predicted octanol–water partition coefficient (Wildman–Crippen LogP) is 3.96. The van der Waals surface area contributed by atoms with Crippen LogP contribution in [0.3, 0.4) is 0 Å². The van der Waals surface area contributed by atoms with Gasteiger partial charge in [0.15, 0.2) is 11.6 Å². The Labute approximate surface area is 234 Å². The van der Waals surface area contributed by atoms with E-state index in [0.29, 0.717) is 24.1 Å². The van der Waals surface area contributed by atoms with Crippen LogP contribution in [0.4, 0.5) is 14.5 Å². The highest BCUT2D eigenvalue weighted by Gasteiger charge is 2.58.